The Kier molecular flexibility index (Phi) is 3.91. The molecular weight excluding hydrogens is 318 g/mol. The van der Waals surface area contributed by atoms with Crippen molar-refractivity contribution in [3.8, 4) is 0 Å². The maximum atomic E-state index is 12.1. The smallest absolute Gasteiger partial charge is 0.289 e. The van der Waals surface area contributed by atoms with Crippen LogP contribution in [0.4, 0.5) is 5.69 Å². The van der Waals surface area contributed by atoms with Gasteiger partial charge in [0.05, 0.1) is 15.1 Å². The molecule has 1 aromatic carbocycles. The second-order valence-electron chi connectivity index (χ2n) is 4.70. The Labute approximate surface area is 134 Å². The molecule has 0 atom stereocenters. The molecule has 112 valence electrons. The van der Waals surface area contributed by atoms with Crippen LogP contribution in [0, 0.1) is 0 Å². The highest BCUT2D eigenvalue weighted by Crippen LogP contribution is 2.21. The van der Waals surface area contributed by atoms with Crippen molar-refractivity contribution in [2.75, 3.05) is 5.32 Å². The molecule has 0 aliphatic carbocycles. The minimum absolute atomic E-state index is 0.113. The molecule has 3 aromatic rings. The van der Waals surface area contributed by atoms with Crippen LogP contribution in [0.1, 0.15) is 16.6 Å². The molecular formula is C15H13N3O2S2. The van der Waals surface area contributed by atoms with Gasteiger partial charge in [0.1, 0.15) is 0 Å². The monoisotopic (exact) mass is 331 g/mol. The van der Waals surface area contributed by atoms with Crippen molar-refractivity contribution >= 4 is 50.4 Å². The molecule has 0 fully saturated rings. The fourth-order valence-corrected chi connectivity index (χ4v) is 3.73. The van der Waals surface area contributed by atoms with Gasteiger partial charge < -0.3 is 9.88 Å². The van der Waals surface area contributed by atoms with Gasteiger partial charge in [-0.1, -0.05) is 17.4 Å². The first kappa shape index (κ1) is 14.7. The van der Waals surface area contributed by atoms with E-state index in [1.54, 1.807) is 6.07 Å². The predicted molar refractivity (Wildman–Crippen MR) is 89.3 cm³/mol. The standard InChI is InChI=1S/C15H13N3O2S2/c1-9(19)16-10-5-6-11-13(8-10)22-15(18(11)2)17-14(20)12-4-3-7-21-12/h3-8H,1-2H3,(H,16,19). The lowest BCUT2D eigenvalue weighted by Gasteiger charge is -2.01. The summed E-state index contributed by atoms with van der Waals surface area (Å²) in [5.41, 5.74) is 1.70. The van der Waals surface area contributed by atoms with E-state index in [1.807, 2.05) is 41.3 Å². The Morgan fingerprint density at radius 2 is 2.09 bits per heavy atom. The molecule has 0 aliphatic rings. The number of thiazole rings is 1. The summed E-state index contributed by atoms with van der Waals surface area (Å²) in [6, 6.07) is 9.22. The Morgan fingerprint density at radius 1 is 1.27 bits per heavy atom. The maximum absolute atomic E-state index is 12.1. The summed E-state index contributed by atoms with van der Waals surface area (Å²) in [7, 11) is 1.87. The molecule has 0 saturated heterocycles. The van der Waals surface area contributed by atoms with Crippen LogP contribution >= 0.6 is 22.7 Å². The number of carbonyl (C=O) groups excluding carboxylic acids is 2. The normalized spacial score (nSPS) is 11.8. The third-order valence-electron chi connectivity index (χ3n) is 3.06. The number of hydrogen-bond acceptors (Lipinski definition) is 4. The van der Waals surface area contributed by atoms with Gasteiger partial charge in [0.2, 0.25) is 5.91 Å². The van der Waals surface area contributed by atoms with Crippen molar-refractivity contribution in [1.82, 2.24) is 4.57 Å². The van der Waals surface area contributed by atoms with Crippen LogP contribution in [0.25, 0.3) is 10.2 Å². The van der Waals surface area contributed by atoms with Gasteiger partial charge in [-0.25, -0.2) is 0 Å². The van der Waals surface area contributed by atoms with Crippen LogP contribution in [0.5, 0.6) is 0 Å². The molecule has 0 aliphatic heterocycles. The van der Waals surface area contributed by atoms with Crippen molar-refractivity contribution in [1.29, 1.82) is 0 Å². The lowest BCUT2D eigenvalue weighted by molar-refractivity contribution is -0.114. The zero-order valence-electron chi connectivity index (χ0n) is 12.0. The van der Waals surface area contributed by atoms with Crippen LogP contribution in [0.2, 0.25) is 0 Å². The van der Waals surface area contributed by atoms with E-state index >= 15 is 0 Å². The fraction of sp³-hybridized carbons (Fsp3) is 0.133. The third-order valence-corrected chi connectivity index (χ3v) is 5.01. The average Bonchev–Trinajstić information content (AvgIpc) is 3.08. The fourth-order valence-electron chi connectivity index (χ4n) is 2.06. The van der Waals surface area contributed by atoms with Gasteiger partial charge in [-0.3, -0.25) is 9.59 Å². The largest absolute Gasteiger partial charge is 0.326 e. The Hall–Kier alpha value is -2.25. The van der Waals surface area contributed by atoms with Crippen molar-refractivity contribution < 1.29 is 9.59 Å². The number of nitrogens with zero attached hydrogens (tertiary/aromatic N) is 2. The quantitative estimate of drug-likeness (QED) is 0.784. The first-order valence-electron chi connectivity index (χ1n) is 6.54. The molecule has 0 radical (unpaired) electrons. The molecule has 0 spiro atoms. The van der Waals surface area contributed by atoms with Gasteiger partial charge in [-0.15, -0.1) is 11.3 Å². The van der Waals surface area contributed by atoms with E-state index in [9.17, 15) is 9.59 Å². The third kappa shape index (κ3) is 2.86. The summed E-state index contributed by atoms with van der Waals surface area (Å²) in [6.07, 6.45) is 0. The number of amides is 2. The first-order chi connectivity index (χ1) is 10.5. The molecule has 2 heterocycles. The molecule has 2 aromatic heterocycles. The summed E-state index contributed by atoms with van der Waals surface area (Å²) in [5.74, 6) is -0.350. The molecule has 2 amide bonds. The number of anilines is 1. The molecule has 3 rings (SSSR count). The van der Waals surface area contributed by atoms with Gasteiger partial charge in [0.15, 0.2) is 4.80 Å². The Morgan fingerprint density at radius 3 is 2.77 bits per heavy atom. The second-order valence-corrected chi connectivity index (χ2v) is 6.66. The van der Waals surface area contributed by atoms with Gasteiger partial charge in [0, 0.05) is 19.7 Å². The van der Waals surface area contributed by atoms with Crippen LogP contribution in [-0.2, 0) is 11.8 Å². The summed E-state index contributed by atoms with van der Waals surface area (Å²) in [4.78, 5) is 28.7. The molecule has 0 saturated carbocycles. The predicted octanol–water partition coefficient (Wildman–Crippen LogP) is 3.00. The van der Waals surface area contributed by atoms with E-state index in [4.69, 9.17) is 0 Å². The highest BCUT2D eigenvalue weighted by Gasteiger charge is 2.08. The Balaban J connectivity index is 2.05. The number of nitrogens with one attached hydrogen (secondary N) is 1. The van der Waals surface area contributed by atoms with Gasteiger partial charge in [-0.05, 0) is 29.6 Å². The van der Waals surface area contributed by atoms with Crippen molar-refractivity contribution in [3.05, 3.63) is 45.4 Å². The second kappa shape index (κ2) is 5.86. The van der Waals surface area contributed by atoms with E-state index in [1.165, 1.54) is 29.6 Å². The molecule has 0 bridgehead atoms. The number of aromatic nitrogens is 1. The SMILES string of the molecule is CC(=O)Nc1ccc2c(c1)sc(=NC(=O)c1cccs1)n2C. The minimum atomic E-state index is -0.237. The number of fused-ring (bicyclic) bond motifs is 1. The summed E-state index contributed by atoms with van der Waals surface area (Å²) in [5, 5.41) is 4.61. The zero-order valence-corrected chi connectivity index (χ0v) is 13.6. The number of rotatable bonds is 2. The number of carbonyl (C=O) groups is 2. The number of hydrogen-bond donors (Lipinski definition) is 1. The van der Waals surface area contributed by atoms with E-state index in [2.05, 4.69) is 10.3 Å². The van der Waals surface area contributed by atoms with E-state index < -0.39 is 0 Å². The van der Waals surface area contributed by atoms with Crippen LogP contribution in [0.15, 0.2) is 40.7 Å². The van der Waals surface area contributed by atoms with Gasteiger partial charge in [0.25, 0.3) is 5.91 Å². The zero-order chi connectivity index (χ0) is 15.7. The molecule has 22 heavy (non-hydrogen) atoms. The van der Waals surface area contributed by atoms with Crippen molar-refractivity contribution in [2.24, 2.45) is 12.0 Å². The van der Waals surface area contributed by atoms with E-state index in [0.717, 1.165) is 15.9 Å². The van der Waals surface area contributed by atoms with Crippen molar-refractivity contribution in [3.63, 3.8) is 0 Å². The number of benzene rings is 1. The van der Waals surface area contributed by atoms with Gasteiger partial charge in [-0.2, -0.15) is 4.99 Å². The summed E-state index contributed by atoms with van der Waals surface area (Å²) >= 11 is 2.80. The summed E-state index contributed by atoms with van der Waals surface area (Å²) in [6.45, 7) is 1.47. The molecule has 0 unspecified atom stereocenters. The Bertz CT molecular complexity index is 920. The number of thiophene rings is 1. The van der Waals surface area contributed by atoms with Crippen molar-refractivity contribution in [2.45, 2.75) is 6.92 Å². The molecule has 5 nitrogen and oxygen atoms in total. The maximum Gasteiger partial charge on any atom is 0.289 e. The van der Waals surface area contributed by atoms with Gasteiger partial charge >= 0.3 is 0 Å². The van der Waals surface area contributed by atoms with E-state index in [0.29, 0.717) is 9.68 Å². The minimum Gasteiger partial charge on any atom is -0.326 e. The van der Waals surface area contributed by atoms with Crippen LogP contribution in [-0.4, -0.2) is 16.4 Å². The van der Waals surface area contributed by atoms with Crippen LogP contribution in [0.3, 0.4) is 0 Å². The first-order valence-corrected chi connectivity index (χ1v) is 8.24. The molecule has 7 heteroatoms. The lowest BCUT2D eigenvalue weighted by Crippen LogP contribution is -2.12. The highest BCUT2D eigenvalue weighted by atomic mass is 32.1. The molecule has 1 N–H and O–H groups in total. The number of aryl methyl sites for hydroxylation is 1. The lowest BCUT2D eigenvalue weighted by atomic mass is 10.3. The van der Waals surface area contributed by atoms with Crippen LogP contribution < -0.4 is 10.1 Å². The highest BCUT2D eigenvalue weighted by molar-refractivity contribution is 7.16. The topological polar surface area (TPSA) is 63.5 Å². The summed E-state index contributed by atoms with van der Waals surface area (Å²) < 4.78 is 2.84. The van der Waals surface area contributed by atoms with E-state index in [-0.39, 0.29) is 11.8 Å². The average molecular weight is 331 g/mol.